The van der Waals surface area contributed by atoms with E-state index in [1.165, 1.54) is 11.1 Å². The molecule has 27 heavy (non-hydrogen) atoms. The van der Waals surface area contributed by atoms with Gasteiger partial charge in [0.1, 0.15) is 5.69 Å². The lowest BCUT2D eigenvalue weighted by atomic mass is 9.73. The lowest BCUT2D eigenvalue weighted by Crippen LogP contribution is -2.44. The predicted molar refractivity (Wildman–Crippen MR) is 105 cm³/mol. The Kier molecular flexibility index (Phi) is 4.54. The van der Waals surface area contributed by atoms with Crippen LogP contribution in [0.5, 0.6) is 0 Å². The molecule has 5 nitrogen and oxygen atoms in total. The molecular weight excluding hydrogens is 338 g/mol. The third kappa shape index (κ3) is 3.05. The van der Waals surface area contributed by atoms with E-state index in [-0.39, 0.29) is 23.1 Å². The molecule has 0 unspecified atom stereocenters. The molecule has 2 amide bonds. The molecule has 2 aliphatic rings. The molecule has 0 saturated carbocycles. The van der Waals surface area contributed by atoms with Crippen LogP contribution in [0, 0.1) is 0 Å². The van der Waals surface area contributed by atoms with Gasteiger partial charge in [-0.2, -0.15) is 0 Å². The molecule has 142 valence electrons. The SMILES string of the molecule is CNC(=O)C[C@@H]1CC2(CCN(C(=O)c3cccn3C)CC2)c2ccccc21. The van der Waals surface area contributed by atoms with E-state index in [1.54, 1.807) is 7.05 Å². The molecule has 4 rings (SSSR count). The highest BCUT2D eigenvalue weighted by Gasteiger charge is 2.46. The molecule has 1 aliphatic heterocycles. The molecule has 1 spiro atoms. The minimum atomic E-state index is 0.0975. The number of nitrogens with zero attached hydrogens (tertiary/aromatic N) is 2. The first-order valence-electron chi connectivity index (χ1n) is 9.75. The fourth-order valence-electron chi connectivity index (χ4n) is 4.99. The van der Waals surface area contributed by atoms with E-state index in [0.29, 0.717) is 6.42 Å². The molecule has 1 N–H and O–H groups in total. The summed E-state index contributed by atoms with van der Waals surface area (Å²) in [6.45, 7) is 1.54. The summed E-state index contributed by atoms with van der Waals surface area (Å²) in [6, 6.07) is 12.4. The number of piperidine rings is 1. The van der Waals surface area contributed by atoms with Crippen molar-refractivity contribution in [2.45, 2.75) is 37.0 Å². The third-order valence-electron chi connectivity index (χ3n) is 6.49. The number of nitrogens with one attached hydrogen (secondary N) is 1. The first-order chi connectivity index (χ1) is 13.0. The molecule has 1 atom stereocenters. The van der Waals surface area contributed by atoms with Crippen LogP contribution in [-0.4, -0.2) is 41.4 Å². The molecule has 1 aromatic heterocycles. The highest BCUT2D eigenvalue weighted by molar-refractivity contribution is 5.92. The van der Waals surface area contributed by atoms with Crippen molar-refractivity contribution in [3.63, 3.8) is 0 Å². The van der Waals surface area contributed by atoms with Gasteiger partial charge in [0.25, 0.3) is 5.91 Å². The molecule has 1 aliphatic carbocycles. The fourth-order valence-corrected chi connectivity index (χ4v) is 4.99. The minimum absolute atomic E-state index is 0.0975. The number of hydrogen-bond donors (Lipinski definition) is 1. The van der Waals surface area contributed by atoms with E-state index >= 15 is 0 Å². The molecule has 2 heterocycles. The average molecular weight is 365 g/mol. The van der Waals surface area contributed by atoms with Gasteiger partial charge in [0.05, 0.1) is 0 Å². The van der Waals surface area contributed by atoms with Gasteiger partial charge in [-0.1, -0.05) is 24.3 Å². The van der Waals surface area contributed by atoms with Crippen LogP contribution in [0.3, 0.4) is 0 Å². The Morgan fingerprint density at radius 1 is 1.15 bits per heavy atom. The summed E-state index contributed by atoms with van der Waals surface area (Å²) in [6.07, 6.45) is 5.39. The number of carbonyl (C=O) groups is 2. The van der Waals surface area contributed by atoms with Gasteiger partial charge >= 0.3 is 0 Å². The van der Waals surface area contributed by atoms with Crippen molar-refractivity contribution < 1.29 is 9.59 Å². The molecule has 5 heteroatoms. The Morgan fingerprint density at radius 2 is 1.89 bits per heavy atom. The number of amides is 2. The van der Waals surface area contributed by atoms with Crippen molar-refractivity contribution in [1.82, 2.24) is 14.8 Å². The van der Waals surface area contributed by atoms with Gasteiger partial charge < -0.3 is 14.8 Å². The van der Waals surface area contributed by atoms with Crippen LogP contribution < -0.4 is 5.32 Å². The lowest BCUT2D eigenvalue weighted by molar-refractivity contribution is -0.121. The van der Waals surface area contributed by atoms with Crippen molar-refractivity contribution in [3.05, 3.63) is 59.4 Å². The first-order valence-corrected chi connectivity index (χ1v) is 9.75. The topological polar surface area (TPSA) is 54.3 Å². The number of benzene rings is 1. The van der Waals surface area contributed by atoms with Gasteiger partial charge in [-0.05, 0) is 53.9 Å². The maximum Gasteiger partial charge on any atom is 0.270 e. The molecule has 1 fully saturated rings. The quantitative estimate of drug-likeness (QED) is 0.909. The molecule has 2 aromatic rings. The second kappa shape index (κ2) is 6.87. The lowest BCUT2D eigenvalue weighted by Gasteiger charge is -2.40. The normalized spacial score (nSPS) is 20.5. The van der Waals surface area contributed by atoms with E-state index < -0.39 is 0 Å². The van der Waals surface area contributed by atoms with Crippen molar-refractivity contribution in [1.29, 1.82) is 0 Å². The van der Waals surface area contributed by atoms with Gasteiger partial charge in [0.15, 0.2) is 0 Å². The van der Waals surface area contributed by atoms with Gasteiger partial charge in [0, 0.05) is 39.8 Å². The van der Waals surface area contributed by atoms with E-state index in [0.717, 1.165) is 38.0 Å². The Bertz CT molecular complexity index is 862. The molecule has 1 saturated heterocycles. The second-order valence-electron chi connectivity index (χ2n) is 7.94. The molecular formula is C22H27N3O2. The highest BCUT2D eigenvalue weighted by Crippen LogP contribution is 2.52. The standard InChI is InChI=1S/C22H27N3O2/c1-23-20(26)14-16-15-22(18-7-4-3-6-17(16)18)9-12-25(13-10-22)21(27)19-8-5-11-24(19)2/h3-8,11,16H,9-10,12-15H2,1-2H3,(H,23,26)/t16-/m1/s1. The van der Waals surface area contributed by atoms with E-state index in [2.05, 4.69) is 29.6 Å². The van der Waals surface area contributed by atoms with Crippen molar-refractivity contribution in [3.8, 4) is 0 Å². The summed E-state index contributed by atoms with van der Waals surface area (Å²) < 4.78 is 1.89. The van der Waals surface area contributed by atoms with Gasteiger partial charge in [-0.3, -0.25) is 9.59 Å². The average Bonchev–Trinajstić information content (AvgIpc) is 3.24. The van der Waals surface area contributed by atoms with Crippen LogP contribution in [0.25, 0.3) is 0 Å². The molecule has 1 aromatic carbocycles. The van der Waals surface area contributed by atoms with E-state index in [4.69, 9.17) is 0 Å². The maximum absolute atomic E-state index is 12.8. The largest absolute Gasteiger partial charge is 0.359 e. The zero-order valence-electron chi connectivity index (χ0n) is 16.1. The van der Waals surface area contributed by atoms with Gasteiger partial charge in [0.2, 0.25) is 5.91 Å². The smallest absolute Gasteiger partial charge is 0.270 e. The number of aromatic nitrogens is 1. The number of likely N-dealkylation sites (tertiary alicyclic amines) is 1. The summed E-state index contributed by atoms with van der Waals surface area (Å²) in [5.74, 6) is 0.491. The zero-order valence-corrected chi connectivity index (χ0v) is 16.1. The Hall–Kier alpha value is -2.56. The zero-order chi connectivity index (χ0) is 19.0. The van der Waals surface area contributed by atoms with Crippen LogP contribution in [0.4, 0.5) is 0 Å². The van der Waals surface area contributed by atoms with Crippen molar-refractivity contribution in [2.75, 3.05) is 20.1 Å². The monoisotopic (exact) mass is 365 g/mol. The third-order valence-corrected chi connectivity index (χ3v) is 6.49. The Morgan fingerprint density at radius 3 is 2.56 bits per heavy atom. The number of fused-ring (bicyclic) bond motifs is 2. The van der Waals surface area contributed by atoms with Crippen LogP contribution >= 0.6 is 0 Å². The number of hydrogen-bond acceptors (Lipinski definition) is 2. The van der Waals surface area contributed by atoms with E-state index in [1.807, 2.05) is 34.8 Å². The maximum atomic E-state index is 12.8. The summed E-state index contributed by atoms with van der Waals surface area (Å²) in [5, 5.41) is 2.76. The summed E-state index contributed by atoms with van der Waals surface area (Å²) >= 11 is 0. The number of aryl methyl sites for hydroxylation is 1. The number of carbonyl (C=O) groups excluding carboxylic acids is 2. The molecule has 0 bridgehead atoms. The van der Waals surface area contributed by atoms with Gasteiger partial charge in [-0.15, -0.1) is 0 Å². The summed E-state index contributed by atoms with van der Waals surface area (Å²) in [4.78, 5) is 26.8. The van der Waals surface area contributed by atoms with Crippen molar-refractivity contribution in [2.24, 2.45) is 7.05 Å². The predicted octanol–water partition coefficient (Wildman–Crippen LogP) is 2.82. The van der Waals surface area contributed by atoms with Crippen LogP contribution in [0.15, 0.2) is 42.6 Å². The fraction of sp³-hybridized carbons (Fsp3) is 0.455. The highest BCUT2D eigenvalue weighted by atomic mass is 16.2. The second-order valence-corrected chi connectivity index (χ2v) is 7.94. The summed E-state index contributed by atoms with van der Waals surface area (Å²) in [5.41, 5.74) is 3.56. The van der Waals surface area contributed by atoms with Crippen LogP contribution in [0.1, 0.15) is 53.2 Å². The Balaban J connectivity index is 1.53. The molecule has 0 radical (unpaired) electrons. The number of rotatable bonds is 3. The Labute approximate surface area is 160 Å². The van der Waals surface area contributed by atoms with Crippen LogP contribution in [0.2, 0.25) is 0 Å². The van der Waals surface area contributed by atoms with Crippen molar-refractivity contribution >= 4 is 11.8 Å². The van der Waals surface area contributed by atoms with Gasteiger partial charge in [-0.25, -0.2) is 0 Å². The summed E-state index contributed by atoms with van der Waals surface area (Å²) in [7, 11) is 3.61. The minimum Gasteiger partial charge on any atom is -0.359 e. The first kappa shape index (κ1) is 17.8. The van der Waals surface area contributed by atoms with Crippen LogP contribution in [-0.2, 0) is 17.3 Å². The van der Waals surface area contributed by atoms with E-state index in [9.17, 15) is 9.59 Å².